The lowest BCUT2D eigenvalue weighted by atomic mass is 10.1. The zero-order valence-electron chi connectivity index (χ0n) is 18.3. The van der Waals surface area contributed by atoms with Crippen LogP contribution in [0.2, 0.25) is 0 Å². The molecule has 2 unspecified atom stereocenters. The van der Waals surface area contributed by atoms with Gasteiger partial charge >= 0.3 is 0 Å². The Balaban J connectivity index is 1.44. The van der Waals surface area contributed by atoms with Gasteiger partial charge in [0.05, 0.1) is 23.6 Å². The van der Waals surface area contributed by atoms with Crippen molar-refractivity contribution in [3.8, 4) is 11.3 Å². The molecule has 2 aliphatic heterocycles. The summed E-state index contributed by atoms with van der Waals surface area (Å²) in [7, 11) is 0. The quantitative estimate of drug-likeness (QED) is 0.669. The van der Waals surface area contributed by atoms with Crippen LogP contribution in [0.1, 0.15) is 38.3 Å². The Morgan fingerprint density at radius 2 is 1.90 bits per heavy atom. The number of nitrogen functional groups attached to an aromatic ring is 1. The molecule has 0 radical (unpaired) electrons. The first-order chi connectivity index (χ1) is 15.1. The van der Waals surface area contributed by atoms with Crippen molar-refractivity contribution in [1.29, 1.82) is 0 Å². The molecule has 8 nitrogen and oxygen atoms in total. The van der Waals surface area contributed by atoms with Crippen LogP contribution in [0.5, 0.6) is 0 Å². The minimum Gasteiger partial charge on any atom is -0.383 e. The maximum Gasteiger partial charge on any atom is 0.164 e. The maximum absolute atomic E-state index is 6.28. The first kappa shape index (κ1) is 20.4. The van der Waals surface area contributed by atoms with E-state index in [1.54, 1.807) is 0 Å². The molecule has 0 bridgehead atoms. The minimum atomic E-state index is 0.274. The number of nitrogens with two attached hydrogens (primary N) is 1. The lowest BCUT2D eigenvalue weighted by Gasteiger charge is -2.35. The average molecular weight is 422 g/mol. The van der Waals surface area contributed by atoms with Crippen molar-refractivity contribution in [1.82, 2.24) is 30.0 Å². The van der Waals surface area contributed by atoms with Gasteiger partial charge in [0.1, 0.15) is 17.8 Å². The van der Waals surface area contributed by atoms with Crippen LogP contribution in [-0.4, -0.2) is 63.0 Å². The first-order valence-corrected chi connectivity index (χ1v) is 11.2. The predicted molar refractivity (Wildman–Crippen MR) is 122 cm³/mol. The summed E-state index contributed by atoms with van der Waals surface area (Å²) in [4.78, 5) is 11.2. The van der Waals surface area contributed by atoms with E-state index < -0.39 is 0 Å². The fourth-order valence-electron chi connectivity index (χ4n) is 4.93. The van der Waals surface area contributed by atoms with Crippen molar-refractivity contribution >= 4 is 16.9 Å². The number of ether oxygens (including phenoxy) is 1. The number of benzene rings is 1. The number of anilines is 1. The van der Waals surface area contributed by atoms with Gasteiger partial charge in [-0.05, 0) is 38.8 Å². The Bertz CT molecular complexity index is 1030. The molecule has 2 aromatic heterocycles. The molecule has 3 atom stereocenters. The number of nitrogens with zero attached hydrogens (tertiary/aromatic N) is 5. The van der Waals surface area contributed by atoms with Gasteiger partial charge in [0.15, 0.2) is 5.65 Å². The lowest BCUT2D eigenvalue weighted by molar-refractivity contribution is -0.0704. The van der Waals surface area contributed by atoms with Crippen molar-refractivity contribution in [2.75, 3.05) is 31.9 Å². The Labute approximate surface area is 182 Å². The van der Waals surface area contributed by atoms with Crippen LogP contribution >= 0.6 is 0 Å². The summed E-state index contributed by atoms with van der Waals surface area (Å²) in [6.45, 7) is 9.08. The van der Waals surface area contributed by atoms with E-state index in [2.05, 4.69) is 58.3 Å². The predicted octanol–water partition coefficient (Wildman–Crippen LogP) is 2.61. The minimum absolute atomic E-state index is 0.274. The molecule has 8 heteroatoms. The molecule has 0 spiro atoms. The Morgan fingerprint density at radius 1 is 1.13 bits per heavy atom. The summed E-state index contributed by atoms with van der Waals surface area (Å²) in [5, 5.41) is 9.29. The summed E-state index contributed by atoms with van der Waals surface area (Å²) in [5.74, 6) is 0.482. The number of morpholine rings is 1. The summed E-state index contributed by atoms with van der Waals surface area (Å²) >= 11 is 0. The second kappa shape index (κ2) is 8.53. The second-order valence-electron chi connectivity index (χ2n) is 8.90. The molecule has 2 fully saturated rings. The fraction of sp³-hybridized carbons (Fsp3) is 0.522. The highest BCUT2D eigenvalue weighted by molar-refractivity contribution is 5.98. The summed E-state index contributed by atoms with van der Waals surface area (Å²) in [6.07, 6.45) is 4.30. The van der Waals surface area contributed by atoms with Gasteiger partial charge in [-0.15, -0.1) is 0 Å². The molecular weight excluding hydrogens is 390 g/mol. The largest absolute Gasteiger partial charge is 0.383 e. The Morgan fingerprint density at radius 3 is 2.61 bits per heavy atom. The van der Waals surface area contributed by atoms with E-state index in [1.807, 2.05) is 4.68 Å². The van der Waals surface area contributed by atoms with Gasteiger partial charge in [-0.3, -0.25) is 4.90 Å². The van der Waals surface area contributed by atoms with Gasteiger partial charge in [-0.2, -0.15) is 5.10 Å². The average Bonchev–Trinajstić information content (AvgIpc) is 3.15. The lowest BCUT2D eigenvalue weighted by Crippen LogP contribution is -2.44. The van der Waals surface area contributed by atoms with E-state index >= 15 is 0 Å². The number of piperidine rings is 1. The molecule has 164 valence electrons. The van der Waals surface area contributed by atoms with Crippen LogP contribution in [0.15, 0.2) is 30.6 Å². The van der Waals surface area contributed by atoms with Crippen LogP contribution in [0.3, 0.4) is 0 Å². The van der Waals surface area contributed by atoms with Crippen molar-refractivity contribution in [3.05, 3.63) is 36.2 Å². The molecule has 0 saturated carbocycles. The molecule has 3 N–H and O–H groups in total. The highest BCUT2D eigenvalue weighted by atomic mass is 16.5. The highest BCUT2D eigenvalue weighted by Crippen LogP contribution is 2.33. The third-order valence-electron chi connectivity index (χ3n) is 6.26. The first-order valence-electron chi connectivity index (χ1n) is 11.2. The monoisotopic (exact) mass is 421 g/mol. The highest BCUT2D eigenvalue weighted by Gasteiger charge is 2.24. The summed E-state index contributed by atoms with van der Waals surface area (Å²) in [6, 6.07) is 8.94. The van der Waals surface area contributed by atoms with Crippen LogP contribution in [-0.2, 0) is 11.3 Å². The van der Waals surface area contributed by atoms with E-state index in [9.17, 15) is 0 Å². The molecular formula is C23H31N7O. The number of hydrogen-bond acceptors (Lipinski definition) is 7. The normalized spacial score (nSPS) is 25.2. The zero-order chi connectivity index (χ0) is 21.4. The summed E-state index contributed by atoms with van der Waals surface area (Å²) in [5.41, 5.74) is 10.3. The maximum atomic E-state index is 6.28. The van der Waals surface area contributed by atoms with Crippen molar-refractivity contribution in [2.45, 2.75) is 51.5 Å². The molecule has 31 heavy (non-hydrogen) atoms. The Kier molecular flexibility index (Phi) is 5.60. The molecule has 0 amide bonds. The second-order valence-corrected chi connectivity index (χ2v) is 8.90. The Hall–Kier alpha value is -2.55. The molecule has 1 aromatic carbocycles. The molecule has 0 aliphatic carbocycles. The molecule has 2 saturated heterocycles. The third kappa shape index (κ3) is 4.15. The van der Waals surface area contributed by atoms with Gasteiger partial charge < -0.3 is 15.8 Å². The van der Waals surface area contributed by atoms with E-state index in [0.29, 0.717) is 5.82 Å². The van der Waals surface area contributed by atoms with Gasteiger partial charge in [0.25, 0.3) is 0 Å². The van der Waals surface area contributed by atoms with E-state index in [4.69, 9.17) is 15.6 Å². The van der Waals surface area contributed by atoms with Crippen LogP contribution < -0.4 is 11.1 Å². The molecule has 4 heterocycles. The number of rotatable bonds is 4. The topological polar surface area (TPSA) is 94.1 Å². The van der Waals surface area contributed by atoms with E-state index in [1.165, 1.54) is 11.9 Å². The molecule has 5 rings (SSSR count). The van der Waals surface area contributed by atoms with Crippen molar-refractivity contribution in [2.24, 2.45) is 0 Å². The van der Waals surface area contributed by atoms with Gasteiger partial charge in [0.2, 0.25) is 0 Å². The van der Waals surface area contributed by atoms with Gasteiger partial charge in [0, 0.05) is 31.7 Å². The smallest absolute Gasteiger partial charge is 0.164 e. The van der Waals surface area contributed by atoms with Crippen molar-refractivity contribution in [3.63, 3.8) is 0 Å². The van der Waals surface area contributed by atoms with Gasteiger partial charge in [-0.25, -0.2) is 14.6 Å². The summed E-state index contributed by atoms with van der Waals surface area (Å²) < 4.78 is 7.90. The number of hydrogen-bond donors (Lipinski definition) is 2. The van der Waals surface area contributed by atoms with Crippen LogP contribution in [0.4, 0.5) is 5.82 Å². The third-order valence-corrected chi connectivity index (χ3v) is 6.26. The SMILES string of the molecule is CC1CN(Cc2ccc(-c3nn([C@@H]4CCCNC4)c4ncnc(N)c34)cc2)CC(C)O1. The van der Waals surface area contributed by atoms with Gasteiger partial charge in [-0.1, -0.05) is 24.3 Å². The van der Waals surface area contributed by atoms with Crippen molar-refractivity contribution < 1.29 is 4.74 Å². The van der Waals surface area contributed by atoms with Crippen LogP contribution in [0, 0.1) is 0 Å². The van der Waals surface area contributed by atoms with Crippen LogP contribution in [0.25, 0.3) is 22.3 Å². The number of fused-ring (bicyclic) bond motifs is 1. The zero-order valence-corrected chi connectivity index (χ0v) is 18.3. The standard InChI is InChI=1S/C23H31N7O/c1-15-11-29(12-16(2)31-15)13-17-5-7-18(8-6-17)21-20-22(24)26-14-27-23(20)30(28-21)19-4-3-9-25-10-19/h5-8,14-16,19,25H,3-4,9-13H2,1-2H3,(H2,24,26,27)/t15?,16?,19-/m1/s1. The van der Waals surface area contributed by atoms with E-state index in [-0.39, 0.29) is 18.2 Å². The molecule has 2 aliphatic rings. The molecule has 3 aromatic rings. The fourth-order valence-corrected chi connectivity index (χ4v) is 4.93. The number of nitrogens with one attached hydrogen (secondary N) is 1. The number of aromatic nitrogens is 4. The van der Waals surface area contributed by atoms with E-state index in [0.717, 1.165) is 67.9 Å².